The molecule has 1 heterocycles. The summed E-state index contributed by atoms with van der Waals surface area (Å²) >= 11 is 4.89. The predicted octanol–water partition coefficient (Wildman–Crippen LogP) is 1.29. The molecule has 0 amide bonds. The predicted molar refractivity (Wildman–Crippen MR) is 60.8 cm³/mol. The summed E-state index contributed by atoms with van der Waals surface area (Å²) in [7, 11) is 0. The first-order valence-electron chi connectivity index (χ1n) is 5.01. The van der Waals surface area contributed by atoms with E-state index in [1.165, 1.54) is 12.8 Å². The lowest BCUT2D eigenvalue weighted by molar-refractivity contribution is 0.287. The van der Waals surface area contributed by atoms with Crippen molar-refractivity contribution in [3.05, 3.63) is 17.8 Å². The first-order valence-corrected chi connectivity index (χ1v) is 5.42. The highest BCUT2D eigenvalue weighted by Gasteiger charge is 2.21. The molecular weight excluding hydrogens is 210 g/mol. The number of nitrogens with zero attached hydrogens (tertiary/aromatic N) is 2. The van der Waals surface area contributed by atoms with Crippen molar-refractivity contribution in [1.82, 2.24) is 10.2 Å². The summed E-state index contributed by atoms with van der Waals surface area (Å²) in [5.41, 5.74) is 6.20. The molecule has 4 nitrogen and oxygen atoms in total. The molecule has 0 aliphatic heterocycles. The average Bonchev–Trinajstić information content (AvgIpc) is 3.02. The zero-order valence-corrected chi connectivity index (χ0v) is 9.17. The third-order valence-electron chi connectivity index (χ3n) is 2.41. The first-order chi connectivity index (χ1) is 7.27. The normalized spacial score (nSPS) is 14.9. The van der Waals surface area contributed by atoms with Gasteiger partial charge in [0.1, 0.15) is 4.99 Å². The van der Waals surface area contributed by atoms with E-state index in [0.717, 1.165) is 12.3 Å². The van der Waals surface area contributed by atoms with Crippen LogP contribution in [0.15, 0.2) is 12.3 Å². The van der Waals surface area contributed by atoms with E-state index in [1.54, 1.807) is 12.3 Å². The molecule has 2 N–H and O–H groups in total. The van der Waals surface area contributed by atoms with Gasteiger partial charge in [0.05, 0.1) is 18.4 Å². The molecule has 1 aliphatic rings. The molecule has 1 aliphatic carbocycles. The maximum atomic E-state index is 5.54. The van der Waals surface area contributed by atoms with E-state index in [9.17, 15) is 0 Å². The van der Waals surface area contributed by atoms with Crippen molar-refractivity contribution >= 4 is 17.2 Å². The van der Waals surface area contributed by atoms with E-state index >= 15 is 0 Å². The zero-order chi connectivity index (χ0) is 10.7. The SMILES string of the molecule is NC(=S)c1ccnnc1OCCC1CC1. The van der Waals surface area contributed by atoms with Gasteiger partial charge in [-0.1, -0.05) is 25.1 Å². The van der Waals surface area contributed by atoms with Gasteiger partial charge < -0.3 is 10.5 Å². The summed E-state index contributed by atoms with van der Waals surface area (Å²) in [5, 5.41) is 7.63. The summed E-state index contributed by atoms with van der Waals surface area (Å²) in [4.78, 5) is 0.298. The molecule has 2 rings (SSSR count). The third kappa shape index (κ3) is 2.86. The number of nitrogens with two attached hydrogens (primary N) is 1. The third-order valence-corrected chi connectivity index (χ3v) is 2.63. The monoisotopic (exact) mass is 223 g/mol. The maximum Gasteiger partial charge on any atom is 0.243 e. The van der Waals surface area contributed by atoms with E-state index in [0.29, 0.717) is 23.0 Å². The lowest BCUT2D eigenvalue weighted by Gasteiger charge is -2.07. The van der Waals surface area contributed by atoms with Gasteiger partial charge in [-0.2, -0.15) is 5.10 Å². The van der Waals surface area contributed by atoms with Gasteiger partial charge in [0.25, 0.3) is 0 Å². The topological polar surface area (TPSA) is 61.0 Å². The van der Waals surface area contributed by atoms with Crippen molar-refractivity contribution in [2.24, 2.45) is 11.7 Å². The highest BCUT2D eigenvalue weighted by molar-refractivity contribution is 7.80. The minimum Gasteiger partial charge on any atom is -0.476 e. The second-order valence-corrected chi connectivity index (χ2v) is 4.13. The highest BCUT2D eigenvalue weighted by atomic mass is 32.1. The molecule has 15 heavy (non-hydrogen) atoms. The van der Waals surface area contributed by atoms with Crippen LogP contribution < -0.4 is 10.5 Å². The Kier molecular flexibility index (Phi) is 3.11. The van der Waals surface area contributed by atoms with Crippen LogP contribution in [0.2, 0.25) is 0 Å². The molecule has 0 aromatic carbocycles. The van der Waals surface area contributed by atoms with Crippen molar-refractivity contribution in [2.45, 2.75) is 19.3 Å². The number of hydrogen-bond acceptors (Lipinski definition) is 4. The van der Waals surface area contributed by atoms with E-state index in [2.05, 4.69) is 10.2 Å². The Balaban J connectivity index is 1.95. The van der Waals surface area contributed by atoms with Crippen molar-refractivity contribution in [1.29, 1.82) is 0 Å². The Morgan fingerprint density at radius 1 is 1.60 bits per heavy atom. The molecule has 1 saturated carbocycles. The molecule has 0 radical (unpaired) electrons. The zero-order valence-electron chi connectivity index (χ0n) is 8.35. The van der Waals surface area contributed by atoms with Crippen molar-refractivity contribution in [2.75, 3.05) is 6.61 Å². The largest absolute Gasteiger partial charge is 0.476 e. The van der Waals surface area contributed by atoms with Crippen LogP contribution in [0, 0.1) is 5.92 Å². The molecular formula is C10H13N3OS. The second kappa shape index (κ2) is 4.53. The van der Waals surface area contributed by atoms with Crippen LogP contribution in [0.5, 0.6) is 5.88 Å². The average molecular weight is 223 g/mol. The van der Waals surface area contributed by atoms with Gasteiger partial charge in [-0.15, -0.1) is 5.10 Å². The Labute approximate surface area is 93.8 Å². The molecule has 1 aromatic heterocycles. The van der Waals surface area contributed by atoms with Crippen LogP contribution in [0.4, 0.5) is 0 Å². The minimum atomic E-state index is 0.298. The summed E-state index contributed by atoms with van der Waals surface area (Å²) in [6.45, 7) is 0.666. The molecule has 5 heteroatoms. The van der Waals surface area contributed by atoms with Crippen molar-refractivity contribution < 1.29 is 4.74 Å². The number of hydrogen-bond donors (Lipinski definition) is 1. The summed E-state index contributed by atoms with van der Waals surface area (Å²) in [6, 6.07) is 1.72. The van der Waals surface area contributed by atoms with E-state index < -0.39 is 0 Å². The number of thiocarbonyl (C=S) groups is 1. The standard InChI is InChI=1S/C10H13N3OS/c11-9(15)8-3-5-12-13-10(8)14-6-4-7-1-2-7/h3,5,7H,1-2,4,6H2,(H2,11,15). The summed E-state index contributed by atoms with van der Waals surface area (Å²) in [5.74, 6) is 1.29. The molecule has 1 fully saturated rings. The molecule has 0 atom stereocenters. The summed E-state index contributed by atoms with van der Waals surface area (Å²) < 4.78 is 5.51. The molecule has 80 valence electrons. The van der Waals surface area contributed by atoms with Crippen LogP contribution >= 0.6 is 12.2 Å². The summed E-state index contributed by atoms with van der Waals surface area (Å²) in [6.07, 6.45) is 5.29. The molecule has 0 spiro atoms. The van der Waals surface area contributed by atoms with Crippen LogP contribution in [0.1, 0.15) is 24.8 Å². The lowest BCUT2D eigenvalue weighted by atomic mass is 10.3. The molecule has 0 unspecified atom stereocenters. The fourth-order valence-corrected chi connectivity index (χ4v) is 1.50. The second-order valence-electron chi connectivity index (χ2n) is 3.69. The van der Waals surface area contributed by atoms with Gasteiger partial charge in [0, 0.05) is 0 Å². The highest BCUT2D eigenvalue weighted by Crippen LogP contribution is 2.32. The Hall–Kier alpha value is -1.23. The van der Waals surface area contributed by atoms with Gasteiger partial charge in [0.2, 0.25) is 5.88 Å². The van der Waals surface area contributed by atoms with Gasteiger partial charge in [0.15, 0.2) is 0 Å². The van der Waals surface area contributed by atoms with Gasteiger partial charge in [-0.25, -0.2) is 0 Å². The van der Waals surface area contributed by atoms with Crippen molar-refractivity contribution in [3.8, 4) is 5.88 Å². The maximum absolute atomic E-state index is 5.54. The van der Waals surface area contributed by atoms with Crippen LogP contribution in [-0.2, 0) is 0 Å². The number of ether oxygens (including phenoxy) is 1. The van der Waals surface area contributed by atoms with Gasteiger partial charge in [-0.05, 0) is 18.4 Å². The van der Waals surface area contributed by atoms with Crippen LogP contribution in [0.3, 0.4) is 0 Å². The lowest BCUT2D eigenvalue weighted by Crippen LogP contribution is -2.13. The minimum absolute atomic E-state index is 0.298. The Morgan fingerprint density at radius 2 is 2.40 bits per heavy atom. The van der Waals surface area contributed by atoms with Crippen LogP contribution in [0.25, 0.3) is 0 Å². The first kappa shape index (κ1) is 10.3. The molecule has 0 bridgehead atoms. The van der Waals surface area contributed by atoms with E-state index in [4.69, 9.17) is 22.7 Å². The molecule has 1 aromatic rings. The van der Waals surface area contributed by atoms with Gasteiger partial charge in [-0.3, -0.25) is 0 Å². The smallest absolute Gasteiger partial charge is 0.243 e. The Bertz CT molecular complexity index is 365. The quantitative estimate of drug-likeness (QED) is 0.762. The molecule has 0 saturated heterocycles. The fourth-order valence-electron chi connectivity index (χ4n) is 1.34. The fraction of sp³-hybridized carbons (Fsp3) is 0.500. The van der Waals surface area contributed by atoms with E-state index in [-0.39, 0.29) is 0 Å². The van der Waals surface area contributed by atoms with E-state index in [1.807, 2.05) is 0 Å². The van der Waals surface area contributed by atoms with Crippen molar-refractivity contribution in [3.63, 3.8) is 0 Å². The van der Waals surface area contributed by atoms with Crippen LogP contribution in [-0.4, -0.2) is 21.8 Å². The Morgan fingerprint density at radius 3 is 3.07 bits per heavy atom. The number of rotatable bonds is 5. The van der Waals surface area contributed by atoms with Gasteiger partial charge >= 0.3 is 0 Å². The number of aromatic nitrogens is 2.